The fourth-order valence-electron chi connectivity index (χ4n) is 3.44. The summed E-state index contributed by atoms with van der Waals surface area (Å²) in [5.74, 6) is -1.88. The first kappa shape index (κ1) is 27.1. The Labute approximate surface area is 187 Å². The molecule has 5 nitrogen and oxygen atoms in total. The maximum absolute atomic E-state index is 12.4. The average Bonchev–Trinajstić information content (AvgIpc) is 2.78. The van der Waals surface area contributed by atoms with Gasteiger partial charge in [0.05, 0.1) is 6.61 Å². The molecule has 5 heteroatoms. The highest BCUT2D eigenvalue weighted by Crippen LogP contribution is 2.18. The summed E-state index contributed by atoms with van der Waals surface area (Å²) in [7, 11) is 0. The van der Waals surface area contributed by atoms with Gasteiger partial charge in [-0.05, 0) is 24.5 Å². The minimum absolute atomic E-state index is 0.400. The van der Waals surface area contributed by atoms with Crippen LogP contribution in [0.4, 0.5) is 0 Å². The van der Waals surface area contributed by atoms with Gasteiger partial charge in [0.25, 0.3) is 0 Å². The second-order valence-electron chi connectivity index (χ2n) is 8.13. The van der Waals surface area contributed by atoms with Gasteiger partial charge in [0.1, 0.15) is 0 Å². The number of unbranched alkanes of at least 4 members (excludes halogenated alkanes) is 11. The number of aliphatic hydroxyl groups is 2. The van der Waals surface area contributed by atoms with Crippen LogP contribution in [-0.2, 0) is 14.3 Å². The quantitative estimate of drug-likeness (QED) is 0.145. The summed E-state index contributed by atoms with van der Waals surface area (Å²) < 4.78 is 4.74. The SMILES string of the molecule is CCCCCCCCCCCCCC/C(=C\c1ccccc1)C(=O)OC(=O)C(O)CO. The highest BCUT2D eigenvalue weighted by molar-refractivity contribution is 6.00. The van der Waals surface area contributed by atoms with Crippen LogP contribution >= 0.6 is 0 Å². The van der Waals surface area contributed by atoms with Crippen molar-refractivity contribution < 1.29 is 24.5 Å². The molecule has 0 aliphatic rings. The predicted octanol–water partition coefficient (Wildman–Crippen LogP) is 5.58. The fraction of sp³-hybridized carbons (Fsp3) is 0.615. The molecule has 0 saturated heterocycles. The number of hydrogen-bond donors (Lipinski definition) is 2. The van der Waals surface area contributed by atoms with Crippen LogP contribution in [0.3, 0.4) is 0 Å². The molecular weight excluding hydrogens is 392 g/mol. The van der Waals surface area contributed by atoms with E-state index in [1.54, 1.807) is 6.08 Å². The summed E-state index contributed by atoms with van der Waals surface area (Å²) in [4.78, 5) is 24.0. The molecule has 1 aromatic rings. The van der Waals surface area contributed by atoms with Gasteiger partial charge < -0.3 is 14.9 Å². The Balaban J connectivity index is 2.36. The van der Waals surface area contributed by atoms with E-state index in [-0.39, 0.29) is 0 Å². The zero-order valence-electron chi connectivity index (χ0n) is 19.1. The van der Waals surface area contributed by atoms with Crippen LogP contribution in [0, 0.1) is 0 Å². The normalized spacial score (nSPS) is 12.5. The summed E-state index contributed by atoms with van der Waals surface area (Å²) in [6, 6.07) is 9.39. The Morgan fingerprint density at radius 1 is 0.871 bits per heavy atom. The third-order valence-corrected chi connectivity index (χ3v) is 5.34. The van der Waals surface area contributed by atoms with E-state index in [1.165, 1.54) is 57.8 Å². The third-order valence-electron chi connectivity index (χ3n) is 5.34. The van der Waals surface area contributed by atoms with Crippen LogP contribution in [0.15, 0.2) is 35.9 Å². The van der Waals surface area contributed by atoms with E-state index >= 15 is 0 Å². The molecule has 0 heterocycles. The van der Waals surface area contributed by atoms with E-state index in [9.17, 15) is 14.7 Å². The van der Waals surface area contributed by atoms with Gasteiger partial charge in [-0.3, -0.25) is 0 Å². The largest absolute Gasteiger partial charge is 0.393 e. The maximum atomic E-state index is 12.4. The number of ether oxygens (including phenoxy) is 1. The van der Waals surface area contributed by atoms with Gasteiger partial charge >= 0.3 is 11.9 Å². The monoisotopic (exact) mass is 432 g/mol. The first-order valence-corrected chi connectivity index (χ1v) is 11.9. The second kappa shape index (κ2) is 17.7. The van der Waals surface area contributed by atoms with Gasteiger partial charge in [-0.2, -0.15) is 0 Å². The molecule has 0 amide bonds. The second-order valence-corrected chi connectivity index (χ2v) is 8.13. The summed E-state index contributed by atoms with van der Waals surface area (Å²) in [6.07, 6.45) is 15.3. The molecule has 0 radical (unpaired) electrons. The Bertz CT molecular complexity index is 638. The lowest BCUT2D eigenvalue weighted by Crippen LogP contribution is -2.29. The van der Waals surface area contributed by atoms with Gasteiger partial charge in [-0.25, -0.2) is 9.59 Å². The molecule has 0 fully saturated rings. The third kappa shape index (κ3) is 13.1. The molecule has 174 valence electrons. The average molecular weight is 433 g/mol. The minimum atomic E-state index is -1.70. The lowest BCUT2D eigenvalue weighted by atomic mass is 10.0. The molecule has 1 rings (SSSR count). The minimum Gasteiger partial charge on any atom is -0.393 e. The number of benzene rings is 1. The zero-order valence-corrected chi connectivity index (χ0v) is 19.1. The highest BCUT2D eigenvalue weighted by Gasteiger charge is 2.21. The number of carbonyl (C=O) groups is 2. The highest BCUT2D eigenvalue weighted by atomic mass is 16.6. The molecule has 1 atom stereocenters. The number of rotatable bonds is 17. The Hall–Kier alpha value is -1.98. The van der Waals surface area contributed by atoms with Crippen molar-refractivity contribution >= 4 is 18.0 Å². The molecule has 0 aromatic heterocycles. The molecule has 2 N–H and O–H groups in total. The van der Waals surface area contributed by atoms with Crippen LogP contribution in [0.5, 0.6) is 0 Å². The molecule has 0 saturated carbocycles. The van der Waals surface area contributed by atoms with E-state index in [0.717, 1.165) is 24.8 Å². The van der Waals surface area contributed by atoms with Crippen LogP contribution in [0.1, 0.15) is 96.0 Å². The topological polar surface area (TPSA) is 83.8 Å². The number of hydrogen-bond acceptors (Lipinski definition) is 5. The number of carbonyl (C=O) groups excluding carboxylic acids is 2. The van der Waals surface area contributed by atoms with E-state index in [4.69, 9.17) is 9.84 Å². The fourth-order valence-corrected chi connectivity index (χ4v) is 3.44. The summed E-state index contributed by atoms with van der Waals surface area (Å²) >= 11 is 0. The molecule has 0 bridgehead atoms. The summed E-state index contributed by atoms with van der Waals surface area (Å²) in [6.45, 7) is 1.47. The van der Waals surface area contributed by atoms with Crippen LogP contribution in [0.2, 0.25) is 0 Å². The van der Waals surface area contributed by atoms with Gasteiger partial charge in [-0.1, -0.05) is 108 Å². The summed E-state index contributed by atoms with van der Waals surface area (Å²) in [5.41, 5.74) is 1.25. The van der Waals surface area contributed by atoms with E-state index in [0.29, 0.717) is 12.0 Å². The number of esters is 2. The van der Waals surface area contributed by atoms with Gasteiger partial charge in [0.2, 0.25) is 0 Å². The predicted molar refractivity (Wildman–Crippen MR) is 124 cm³/mol. The molecule has 0 aliphatic carbocycles. The zero-order chi connectivity index (χ0) is 22.7. The lowest BCUT2D eigenvalue weighted by molar-refractivity contribution is -0.164. The van der Waals surface area contributed by atoms with Crippen molar-refractivity contribution in [3.05, 3.63) is 41.5 Å². The van der Waals surface area contributed by atoms with Crippen molar-refractivity contribution in [3.63, 3.8) is 0 Å². The van der Waals surface area contributed by atoms with Gasteiger partial charge in [0.15, 0.2) is 6.10 Å². The van der Waals surface area contributed by atoms with E-state index in [2.05, 4.69) is 6.92 Å². The molecule has 0 aliphatic heterocycles. The number of aliphatic hydroxyl groups excluding tert-OH is 2. The van der Waals surface area contributed by atoms with Gasteiger partial charge in [-0.15, -0.1) is 0 Å². The van der Waals surface area contributed by atoms with Crippen molar-refractivity contribution in [2.45, 2.75) is 96.5 Å². The standard InChI is InChI=1S/C26H40O5/c1-2-3-4-5-6-7-8-9-10-11-12-16-19-23(20-22-17-14-13-15-18-22)25(29)31-26(30)24(28)21-27/h13-15,17-18,20,24,27-28H,2-12,16,19,21H2,1H3/b23-20+. The smallest absolute Gasteiger partial charge is 0.345 e. The lowest BCUT2D eigenvalue weighted by Gasteiger charge is -2.10. The van der Waals surface area contributed by atoms with E-state index < -0.39 is 24.6 Å². The van der Waals surface area contributed by atoms with Crippen LogP contribution in [0.25, 0.3) is 6.08 Å². The molecule has 31 heavy (non-hydrogen) atoms. The molecule has 1 unspecified atom stereocenters. The molecular formula is C26H40O5. The Morgan fingerprint density at radius 3 is 1.90 bits per heavy atom. The van der Waals surface area contributed by atoms with Crippen molar-refractivity contribution in [2.24, 2.45) is 0 Å². The van der Waals surface area contributed by atoms with Crippen LogP contribution < -0.4 is 0 Å². The Morgan fingerprint density at radius 2 is 1.39 bits per heavy atom. The van der Waals surface area contributed by atoms with Gasteiger partial charge in [0, 0.05) is 5.57 Å². The maximum Gasteiger partial charge on any atom is 0.345 e. The van der Waals surface area contributed by atoms with Crippen molar-refractivity contribution in [1.82, 2.24) is 0 Å². The first-order valence-electron chi connectivity index (χ1n) is 11.9. The van der Waals surface area contributed by atoms with Crippen LogP contribution in [-0.4, -0.2) is 34.9 Å². The molecule has 1 aromatic carbocycles. The summed E-state index contributed by atoms with van der Waals surface area (Å²) in [5, 5.41) is 18.2. The van der Waals surface area contributed by atoms with Crippen molar-refractivity contribution in [2.75, 3.05) is 6.61 Å². The van der Waals surface area contributed by atoms with Crippen molar-refractivity contribution in [3.8, 4) is 0 Å². The first-order chi connectivity index (χ1) is 15.1. The Kier molecular flexibility index (Phi) is 15.4. The molecule has 0 spiro atoms. The van der Waals surface area contributed by atoms with Crippen molar-refractivity contribution in [1.29, 1.82) is 0 Å². The van der Waals surface area contributed by atoms with E-state index in [1.807, 2.05) is 30.3 Å².